The summed E-state index contributed by atoms with van der Waals surface area (Å²) in [7, 11) is 0. The Labute approximate surface area is 156 Å². The third kappa shape index (κ3) is 2.47. The number of para-hydroxylation sites is 2. The van der Waals surface area contributed by atoms with Crippen LogP contribution in [0.15, 0.2) is 91.1 Å². The SMILES string of the molecule is N#Cc1cc(-c2cccc(-n3c4ccccc4c4ccccc43)c2)ccn1. The Morgan fingerprint density at radius 1 is 0.704 bits per heavy atom. The molecule has 5 rings (SSSR count). The van der Waals surface area contributed by atoms with Gasteiger partial charge in [-0.15, -0.1) is 0 Å². The van der Waals surface area contributed by atoms with Crippen LogP contribution in [-0.2, 0) is 0 Å². The predicted molar refractivity (Wildman–Crippen MR) is 109 cm³/mol. The zero-order chi connectivity index (χ0) is 18.2. The van der Waals surface area contributed by atoms with E-state index in [1.54, 1.807) is 6.20 Å². The van der Waals surface area contributed by atoms with E-state index in [-0.39, 0.29) is 0 Å². The molecule has 0 bridgehead atoms. The van der Waals surface area contributed by atoms with Crippen molar-refractivity contribution in [2.75, 3.05) is 0 Å². The van der Waals surface area contributed by atoms with Crippen LogP contribution >= 0.6 is 0 Å². The number of nitriles is 1. The molecular weight excluding hydrogens is 330 g/mol. The molecule has 0 amide bonds. The maximum absolute atomic E-state index is 9.13. The van der Waals surface area contributed by atoms with Crippen LogP contribution in [0.25, 0.3) is 38.6 Å². The second-order valence-electron chi connectivity index (χ2n) is 6.46. The Hall–Kier alpha value is -3.90. The van der Waals surface area contributed by atoms with Crippen LogP contribution in [0.4, 0.5) is 0 Å². The summed E-state index contributed by atoms with van der Waals surface area (Å²) < 4.78 is 2.29. The number of fused-ring (bicyclic) bond motifs is 3. The topological polar surface area (TPSA) is 41.6 Å². The molecule has 5 aromatic rings. The van der Waals surface area contributed by atoms with E-state index in [0.717, 1.165) is 16.8 Å². The minimum atomic E-state index is 0.426. The van der Waals surface area contributed by atoms with Gasteiger partial charge < -0.3 is 4.57 Å². The van der Waals surface area contributed by atoms with Crippen LogP contribution in [0.5, 0.6) is 0 Å². The molecule has 0 spiro atoms. The van der Waals surface area contributed by atoms with Crippen LogP contribution in [0.3, 0.4) is 0 Å². The van der Waals surface area contributed by atoms with Gasteiger partial charge in [0.2, 0.25) is 0 Å². The average molecular weight is 345 g/mol. The quantitative estimate of drug-likeness (QED) is 0.411. The van der Waals surface area contributed by atoms with Crippen molar-refractivity contribution in [2.24, 2.45) is 0 Å². The first kappa shape index (κ1) is 15.4. The Balaban J connectivity index is 1.77. The first-order valence-electron chi connectivity index (χ1n) is 8.80. The summed E-state index contributed by atoms with van der Waals surface area (Å²) >= 11 is 0. The van der Waals surface area contributed by atoms with Crippen molar-refractivity contribution in [3.63, 3.8) is 0 Å². The zero-order valence-corrected chi connectivity index (χ0v) is 14.5. The van der Waals surface area contributed by atoms with Gasteiger partial charge in [-0.2, -0.15) is 5.26 Å². The molecule has 3 nitrogen and oxygen atoms in total. The maximum atomic E-state index is 9.13. The Morgan fingerprint density at radius 3 is 2.07 bits per heavy atom. The number of hydrogen-bond donors (Lipinski definition) is 0. The van der Waals surface area contributed by atoms with Gasteiger partial charge in [-0.1, -0.05) is 48.5 Å². The molecule has 0 radical (unpaired) electrons. The fraction of sp³-hybridized carbons (Fsp3) is 0. The summed E-state index contributed by atoms with van der Waals surface area (Å²) in [6.07, 6.45) is 1.68. The molecule has 0 fully saturated rings. The molecule has 3 aromatic carbocycles. The van der Waals surface area contributed by atoms with Gasteiger partial charge in [-0.25, -0.2) is 4.98 Å². The Kier molecular flexibility index (Phi) is 3.48. The number of nitrogens with zero attached hydrogens (tertiary/aromatic N) is 3. The highest BCUT2D eigenvalue weighted by molar-refractivity contribution is 6.09. The van der Waals surface area contributed by atoms with Gasteiger partial charge in [-0.3, -0.25) is 0 Å². The minimum absolute atomic E-state index is 0.426. The van der Waals surface area contributed by atoms with E-state index in [0.29, 0.717) is 5.69 Å². The lowest BCUT2D eigenvalue weighted by molar-refractivity contribution is 1.18. The maximum Gasteiger partial charge on any atom is 0.141 e. The summed E-state index contributed by atoms with van der Waals surface area (Å²) in [5, 5.41) is 11.6. The van der Waals surface area contributed by atoms with E-state index >= 15 is 0 Å². The van der Waals surface area contributed by atoms with Gasteiger partial charge in [0.25, 0.3) is 0 Å². The molecule has 0 aliphatic heterocycles. The van der Waals surface area contributed by atoms with Crippen LogP contribution in [0.1, 0.15) is 5.69 Å². The van der Waals surface area contributed by atoms with Crippen molar-refractivity contribution in [2.45, 2.75) is 0 Å². The average Bonchev–Trinajstić information content (AvgIpc) is 3.08. The van der Waals surface area contributed by atoms with Gasteiger partial charge in [0, 0.05) is 22.7 Å². The third-order valence-electron chi connectivity index (χ3n) is 4.89. The van der Waals surface area contributed by atoms with Gasteiger partial charge in [0.05, 0.1) is 11.0 Å². The lowest BCUT2D eigenvalue weighted by Gasteiger charge is -2.10. The third-order valence-corrected chi connectivity index (χ3v) is 4.89. The van der Waals surface area contributed by atoms with Crippen LogP contribution < -0.4 is 0 Å². The normalized spacial score (nSPS) is 10.9. The van der Waals surface area contributed by atoms with Crippen molar-refractivity contribution in [3.8, 4) is 22.9 Å². The molecular formula is C24H15N3. The molecule has 0 aliphatic rings. The van der Waals surface area contributed by atoms with E-state index in [9.17, 15) is 0 Å². The van der Waals surface area contributed by atoms with E-state index in [2.05, 4.69) is 88.4 Å². The smallest absolute Gasteiger partial charge is 0.141 e. The monoisotopic (exact) mass is 345 g/mol. The number of hydrogen-bond acceptors (Lipinski definition) is 2. The molecule has 0 saturated carbocycles. The summed E-state index contributed by atoms with van der Waals surface area (Å²) in [5.74, 6) is 0. The highest BCUT2D eigenvalue weighted by atomic mass is 15.0. The van der Waals surface area contributed by atoms with E-state index < -0.39 is 0 Å². The summed E-state index contributed by atoms with van der Waals surface area (Å²) in [6, 6.07) is 31.2. The van der Waals surface area contributed by atoms with Gasteiger partial charge in [0.1, 0.15) is 11.8 Å². The molecule has 0 saturated heterocycles. The van der Waals surface area contributed by atoms with Crippen LogP contribution in [0.2, 0.25) is 0 Å². The van der Waals surface area contributed by atoms with Crippen molar-refractivity contribution < 1.29 is 0 Å². The highest BCUT2D eigenvalue weighted by Gasteiger charge is 2.11. The van der Waals surface area contributed by atoms with E-state index in [1.165, 1.54) is 21.8 Å². The van der Waals surface area contributed by atoms with Gasteiger partial charge >= 0.3 is 0 Å². The Morgan fingerprint density at radius 2 is 1.37 bits per heavy atom. The molecule has 0 aliphatic carbocycles. The van der Waals surface area contributed by atoms with Crippen molar-refractivity contribution in [1.29, 1.82) is 5.26 Å². The number of benzene rings is 3. The highest BCUT2D eigenvalue weighted by Crippen LogP contribution is 2.33. The molecule has 2 aromatic heterocycles. The summed E-state index contributed by atoms with van der Waals surface area (Å²) in [4.78, 5) is 4.07. The van der Waals surface area contributed by atoms with Crippen LogP contribution in [0, 0.1) is 11.3 Å². The molecule has 27 heavy (non-hydrogen) atoms. The standard InChI is InChI=1S/C24H15N3/c25-16-19-14-18(12-13-26-19)17-6-5-7-20(15-17)27-23-10-3-1-8-21(23)22-9-2-4-11-24(22)27/h1-15H. The minimum Gasteiger partial charge on any atom is -0.309 e. The molecule has 0 atom stereocenters. The molecule has 126 valence electrons. The van der Waals surface area contributed by atoms with Crippen LogP contribution in [-0.4, -0.2) is 9.55 Å². The van der Waals surface area contributed by atoms with Crippen molar-refractivity contribution >= 4 is 21.8 Å². The molecule has 3 heteroatoms. The zero-order valence-electron chi connectivity index (χ0n) is 14.5. The lowest BCUT2D eigenvalue weighted by atomic mass is 10.1. The number of aromatic nitrogens is 2. The fourth-order valence-electron chi connectivity index (χ4n) is 3.70. The largest absolute Gasteiger partial charge is 0.309 e. The number of pyridine rings is 1. The van der Waals surface area contributed by atoms with Crippen molar-refractivity contribution in [3.05, 3.63) is 96.8 Å². The first-order valence-corrected chi connectivity index (χ1v) is 8.80. The second kappa shape index (κ2) is 6.12. The molecule has 0 unspecified atom stereocenters. The summed E-state index contributed by atoms with van der Waals surface area (Å²) in [6.45, 7) is 0. The van der Waals surface area contributed by atoms with Gasteiger partial charge in [0.15, 0.2) is 0 Å². The fourth-order valence-corrected chi connectivity index (χ4v) is 3.70. The van der Waals surface area contributed by atoms with E-state index in [1.807, 2.05) is 12.1 Å². The summed E-state index contributed by atoms with van der Waals surface area (Å²) in [5.41, 5.74) is 5.94. The molecule has 2 heterocycles. The lowest BCUT2D eigenvalue weighted by Crippen LogP contribution is -1.94. The molecule has 0 N–H and O–H groups in total. The first-order chi connectivity index (χ1) is 13.3. The number of rotatable bonds is 2. The van der Waals surface area contributed by atoms with Gasteiger partial charge in [-0.05, 0) is 47.5 Å². The van der Waals surface area contributed by atoms with E-state index in [4.69, 9.17) is 5.26 Å². The predicted octanol–water partition coefficient (Wildman–Crippen LogP) is 5.72. The second-order valence-corrected chi connectivity index (χ2v) is 6.46. The van der Waals surface area contributed by atoms with Crippen molar-refractivity contribution in [1.82, 2.24) is 9.55 Å². The Bertz CT molecular complexity index is 1290.